The Kier molecular flexibility index (Phi) is 5.85. The summed E-state index contributed by atoms with van der Waals surface area (Å²) in [7, 11) is 1.94. The minimum Gasteiger partial charge on any atom is -0.394 e. The Morgan fingerprint density at radius 1 is 1.25 bits per heavy atom. The van der Waals surface area contributed by atoms with E-state index in [4.69, 9.17) is 10.2 Å². The van der Waals surface area contributed by atoms with Crippen molar-refractivity contribution in [1.29, 1.82) is 0 Å². The van der Waals surface area contributed by atoms with Gasteiger partial charge >= 0.3 is 0 Å². The summed E-state index contributed by atoms with van der Waals surface area (Å²) in [5.74, 6) is 0. The van der Waals surface area contributed by atoms with Gasteiger partial charge < -0.3 is 20.8 Å². The van der Waals surface area contributed by atoms with Crippen molar-refractivity contribution in [2.75, 3.05) is 32.1 Å². The maximum absolute atomic E-state index is 9.17. The van der Waals surface area contributed by atoms with Crippen LogP contribution in [-0.2, 0) is 6.42 Å². The third-order valence-corrected chi connectivity index (χ3v) is 2.37. The molecule has 90 valence electrons. The van der Waals surface area contributed by atoms with Crippen LogP contribution in [0.15, 0.2) is 24.3 Å². The van der Waals surface area contributed by atoms with Crippen molar-refractivity contribution in [2.24, 2.45) is 0 Å². The Bertz CT molecular complexity index is 288. The number of likely N-dealkylation sites (N-methyl/N-ethyl adjacent to an activating group) is 1. The van der Waals surface area contributed by atoms with Gasteiger partial charge in [0, 0.05) is 12.2 Å². The lowest BCUT2D eigenvalue weighted by molar-refractivity contribution is 0.105. The first-order chi connectivity index (χ1) is 7.76. The fraction of sp³-hybridized carbons (Fsp3) is 0.500. The van der Waals surface area contributed by atoms with Crippen LogP contribution in [0, 0.1) is 0 Å². The van der Waals surface area contributed by atoms with Gasteiger partial charge in [0.25, 0.3) is 0 Å². The lowest BCUT2D eigenvalue weighted by Gasteiger charge is -2.10. The Morgan fingerprint density at radius 2 is 1.94 bits per heavy atom. The van der Waals surface area contributed by atoms with Gasteiger partial charge in [-0.05, 0) is 37.7 Å². The monoisotopic (exact) mass is 224 g/mol. The third kappa shape index (κ3) is 4.61. The maximum Gasteiger partial charge on any atom is 0.0942 e. The van der Waals surface area contributed by atoms with E-state index >= 15 is 0 Å². The zero-order chi connectivity index (χ0) is 11.8. The molecule has 0 heterocycles. The highest BCUT2D eigenvalue weighted by Crippen LogP contribution is 2.09. The van der Waals surface area contributed by atoms with Gasteiger partial charge in [-0.1, -0.05) is 12.1 Å². The second-order valence-electron chi connectivity index (χ2n) is 3.77. The fourth-order valence-corrected chi connectivity index (χ4v) is 1.36. The number of nitrogens with one attached hydrogen (secondary N) is 2. The van der Waals surface area contributed by atoms with Gasteiger partial charge in [-0.3, -0.25) is 0 Å². The number of aliphatic hydroxyl groups is 2. The summed E-state index contributed by atoms with van der Waals surface area (Å²) < 4.78 is 0. The second kappa shape index (κ2) is 7.22. The molecule has 16 heavy (non-hydrogen) atoms. The molecule has 1 aromatic carbocycles. The van der Waals surface area contributed by atoms with Crippen molar-refractivity contribution in [1.82, 2.24) is 5.32 Å². The van der Waals surface area contributed by atoms with Crippen molar-refractivity contribution in [3.05, 3.63) is 29.8 Å². The normalized spacial score (nSPS) is 12.4. The predicted molar refractivity (Wildman–Crippen MR) is 65.7 cm³/mol. The molecule has 0 fully saturated rings. The Labute approximate surface area is 96.3 Å². The summed E-state index contributed by atoms with van der Waals surface area (Å²) in [5, 5.41) is 24.0. The molecule has 1 atom stereocenters. The quantitative estimate of drug-likeness (QED) is 0.535. The first-order valence-electron chi connectivity index (χ1n) is 5.52. The van der Waals surface area contributed by atoms with E-state index < -0.39 is 6.10 Å². The summed E-state index contributed by atoms with van der Waals surface area (Å²) in [5.41, 5.74) is 2.24. The molecule has 4 nitrogen and oxygen atoms in total. The Balaban J connectivity index is 2.38. The van der Waals surface area contributed by atoms with E-state index in [1.54, 1.807) is 0 Å². The first-order valence-corrected chi connectivity index (χ1v) is 5.52. The van der Waals surface area contributed by atoms with Crippen molar-refractivity contribution in [3.63, 3.8) is 0 Å². The van der Waals surface area contributed by atoms with Crippen molar-refractivity contribution < 1.29 is 10.2 Å². The minimum absolute atomic E-state index is 0.215. The smallest absolute Gasteiger partial charge is 0.0942 e. The molecule has 4 N–H and O–H groups in total. The minimum atomic E-state index is -0.705. The lowest BCUT2D eigenvalue weighted by atomic mass is 10.1. The molecule has 0 saturated carbocycles. The molecule has 0 radical (unpaired) electrons. The van der Waals surface area contributed by atoms with Crippen LogP contribution in [-0.4, -0.2) is 43.1 Å². The van der Waals surface area contributed by atoms with Gasteiger partial charge in [0.2, 0.25) is 0 Å². The molecule has 0 aliphatic carbocycles. The standard InChI is InChI=1S/C12H20N2O2/c1-13-7-6-10-2-4-11(5-3-10)14-8-12(16)9-15/h2-5,12-16H,6-9H2,1H3. The zero-order valence-electron chi connectivity index (χ0n) is 9.61. The van der Waals surface area contributed by atoms with Crippen LogP contribution in [0.1, 0.15) is 5.56 Å². The number of aliphatic hydroxyl groups excluding tert-OH is 2. The molecular weight excluding hydrogens is 204 g/mol. The van der Waals surface area contributed by atoms with E-state index in [2.05, 4.69) is 22.8 Å². The van der Waals surface area contributed by atoms with E-state index in [9.17, 15) is 0 Å². The molecular formula is C12H20N2O2. The van der Waals surface area contributed by atoms with Gasteiger partial charge in [0.15, 0.2) is 0 Å². The van der Waals surface area contributed by atoms with E-state index in [1.807, 2.05) is 19.2 Å². The van der Waals surface area contributed by atoms with E-state index in [-0.39, 0.29) is 6.61 Å². The Morgan fingerprint density at radius 3 is 2.50 bits per heavy atom. The van der Waals surface area contributed by atoms with Gasteiger partial charge in [0.05, 0.1) is 12.7 Å². The predicted octanol–water partition coefficient (Wildman–Crippen LogP) is 0.214. The average Bonchev–Trinajstić information content (AvgIpc) is 2.34. The number of benzene rings is 1. The van der Waals surface area contributed by atoms with Crippen LogP contribution in [0.2, 0.25) is 0 Å². The highest BCUT2D eigenvalue weighted by atomic mass is 16.3. The van der Waals surface area contributed by atoms with Crippen LogP contribution in [0.4, 0.5) is 5.69 Å². The maximum atomic E-state index is 9.17. The molecule has 0 aliphatic rings. The van der Waals surface area contributed by atoms with Crippen LogP contribution in [0.3, 0.4) is 0 Å². The van der Waals surface area contributed by atoms with Crippen LogP contribution >= 0.6 is 0 Å². The summed E-state index contributed by atoms with van der Waals surface area (Å²) in [4.78, 5) is 0. The largest absolute Gasteiger partial charge is 0.394 e. The van der Waals surface area contributed by atoms with Gasteiger partial charge in [-0.2, -0.15) is 0 Å². The second-order valence-corrected chi connectivity index (χ2v) is 3.77. The summed E-state index contributed by atoms with van der Waals surface area (Å²) in [6.07, 6.45) is 0.305. The molecule has 1 aromatic rings. The van der Waals surface area contributed by atoms with Gasteiger partial charge in [0.1, 0.15) is 0 Å². The highest BCUT2D eigenvalue weighted by Gasteiger charge is 2.00. The third-order valence-electron chi connectivity index (χ3n) is 2.37. The SMILES string of the molecule is CNCCc1ccc(NCC(O)CO)cc1. The molecule has 0 aromatic heterocycles. The topological polar surface area (TPSA) is 64.5 Å². The summed E-state index contributed by atoms with van der Waals surface area (Å²) in [6, 6.07) is 8.08. The molecule has 1 rings (SSSR count). The van der Waals surface area contributed by atoms with E-state index in [0.29, 0.717) is 6.54 Å². The molecule has 0 amide bonds. The first kappa shape index (κ1) is 13.0. The molecule has 0 bridgehead atoms. The molecule has 0 spiro atoms. The Hall–Kier alpha value is -1.10. The van der Waals surface area contributed by atoms with Crippen molar-refractivity contribution in [2.45, 2.75) is 12.5 Å². The van der Waals surface area contributed by atoms with Crippen LogP contribution in [0.25, 0.3) is 0 Å². The van der Waals surface area contributed by atoms with Crippen LogP contribution < -0.4 is 10.6 Å². The fourth-order valence-electron chi connectivity index (χ4n) is 1.36. The summed E-state index contributed by atoms with van der Waals surface area (Å²) >= 11 is 0. The van der Waals surface area contributed by atoms with Crippen molar-refractivity contribution >= 4 is 5.69 Å². The number of rotatable bonds is 7. The van der Waals surface area contributed by atoms with E-state index in [1.165, 1.54) is 5.56 Å². The molecule has 1 unspecified atom stereocenters. The average molecular weight is 224 g/mol. The summed E-state index contributed by atoms with van der Waals surface area (Å²) in [6.45, 7) is 1.12. The molecule has 4 heteroatoms. The number of hydrogen-bond acceptors (Lipinski definition) is 4. The van der Waals surface area contributed by atoms with Gasteiger partial charge in [-0.25, -0.2) is 0 Å². The lowest BCUT2D eigenvalue weighted by Crippen LogP contribution is -2.22. The highest BCUT2D eigenvalue weighted by molar-refractivity contribution is 5.44. The van der Waals surface area contributed by atoms with Crippen molar-refractivity contribution in [3.8, 4) is 0 Å². The van der Waals surface area contributed by atoms with Crippen LogP contribution in [0.5, 0.6) is 0 Å². The van der Waals surface area contributed by atoms with E-state index in [0.717, 1.165) is 18.7 Å². The molecule has 0 aliphatic heterocycles. The molecule has 0 saturated heterocycles. The number of anilines is 1. The number of hydrogen-bond donors (Lipinski definition) is 4. The zero-order valence-corrected chi connectivity index (χ0v) is 9.61. The van der Waals surface area contributed by atoms with Gasteiger partial charge in [-0.15, -0.1) is 0 Å².